The number of carboxylic acids is 1. The van der Waals surface area contributed by atoms with Crippen molar-refractivity contribution < 1.29 is 14.7 Å². The number of aromatic nitrogens is 2. The minimum absolute atomic E-state index is 0.0117. The molecule has 3 rings (SSSR count). The molecule has 2 aromatic rings. The first-order valence-corrected chi connectivity index (χ1v) is 9.09. The Balaban J connectivity index is 1.76. The molecular formula is C20H25N3O3. The summed E-state index contributed by atoms with van der Waals surface area (Å²) in [5.74, 6) is -0.526. The van der Waals surface area contributed by atoms with Gasteiger partial charge >= 0.3 is 5.97 Å². The highest BCUT2D eigenvalue weighted by Gasteiger charge is 2.27. The number of carboxylic acid groups (broad SMARTS) is 1. The lowest BCUT2D eigenvalue weighted by atomic mass is 9.93. The van der Waals surface area contributed by atoms with E-state index in [9.17, 15) is 9.59 Å². The molecule has 138 valence electrons. The van der Waals surface area contributed by atoms with E-state index in [0.717, 1.165) is 36.3 Å². The molecular weight excluding hydrogens is 330 g/mol. The number of piperidine rings is 1. The summed E-state index contributed by atoms with van der Waals surface area (Å²) >= 11 is 0. The van der Waals surface area contributed by atoms with E-state index in [1.165, 1.54) is 0 Å². The Hall–Kier alpha value is -2.63. The average Bonchev–Trinajstić information content (AvgIpc) is 3.01. The van der Waals surface area contributed by atoms with Gasteiger partial charge in [-0.05, 0) is 50.7 Å². The van der Waals surface area contributed by atoms with Crippen LogP contribution in [0, 0.1) is 19.8 Å². The van der Waals surface area contributed by atoms with Crippen LogP contribution >= 0.6 is 0 Å². The van der Waals surface area contributed by atoms with Crippen molar-refractivity contribution in [1.29, 1.82) is 0 Å². The van der Waals surface area contributed by atoms with Crippen molar-refractivity contribution in [3.05, 3.63) is 47.3 Å². The van der Waals surface area contributed by atoms with Crippen LogP contribution in [0.4, 0.5) is 0 Å². The molecule has 2 heterocycles. The van der Waals surface area contributed by atoms with Crippen molar-refractivity contribution in [1.82, 2.24) is 14.7 Å². The SMILES string of the molecule is Cc1ccccc1-n1ncc(C(=O)N2CCCC(CCC(=O)O)C2)c1C. The fourth-order valence-corrected chi connectivity index (χ4v) is 3.65. The summed E-state index contributed by atoms with van der Waals surface area (Å²) in [5.41, 5.74) is 3.52. The van der Waals surface area contributed by atoms with Crippen molar-refractivity contribution in [2.45, 2.75) is 39.5 Å². The molecule has 1 saturated heterocycles. The lowest BCUT2D eigenvalue weighted by Crippen LogP contribution is -2.40. The summed E-state index contributed by atoms with van der Waals surface area (Å²) in [6.07, 6.45) is 4.34. The highest BCUT2D eigenvalue weighted by Crippen LogP contribution is 2.24. The van der Waals surface area contributed by atoms with E-state index in [1.54, 1.807) is 6.20 Å². The minimum atomic E-state index is -0.774. The standard InChI is InChI=1S/C20H25N3O3/c1-14-6-3-4-8-18(14)23-15(2)17(12-21-23)20(26)22-11-5-7-16(13-22)9-10-19(24)25/h3-4,6,8,12,16H,5,7,9-11,13H2,1-2H3,(H,24,25). The van der Waals surface area contributed by atoms with E-state index in [1.807, 2.05) is 47.7 Å². The maximum Gasteiger partial charge on any atom is 0.303 e. The maximum absolute atomic E-state index is 13.0. The molecule has 1 fully saturated rings. The summed E-state index contributed by atoms with van der Waals surface area (Å²) in [6.45, 7) is 5.28. The van der Waals surface area contributed by atoms with Crippen molar-refractivity contribution in [2.75, 3.05) is 13.1 Å². The molecule has 0 spiro atoms. The van der Waals surface area contributed by atoms with Crippen LogP contribution in [0.15, 0.2) is 30.5 Å². The zero-order valence-corrected chi connectivity index (χ0v) is 15.3. The monoisotopic (exact) mass is 355 g/mol. The lowest BCUT2D eigenvalue weighted by molar-refractivity contribution is -0.137. The molecule has 0 radical (unpaired) electrons. The Morgan fingerprint density at radius 1 is 1.27 bits per heavy atom. The number of benzene rings is 1. The summed E-state index contributed by atoms with van der Waals surface area (Å²) in [5, 5.41) is 13.3. The Labute approximate surface area is 153 Å². The first-order chi connectivity index (χ1) is 12.5. The molecule has 0 bridgehead atoms. The second kappa shape index (κ2) is 7.72. The van der Waals surface area contributed by atoms with Gasteiger partial charge in [0.05, 0.1) is 23.1 Å². The van der Waals surface area contributed by atoms with Gasteiger partial charge in [-0.2, -0.15) is 5.10 Å². The summed E-state index contributed by atoms with van der Waals surface area (Å²) in [7, 11) is 0. The van der Waals surface area contributed by atoms with Gasteiger partial charge in [-0.1, -0.05) is 18.2 Å². The Morgan fingerprint density at radius 3 is 2.77 bits per heavy atom. The number of likely N-dealkylation sites (tertiary alicyclic amines) is 1. The topological polar surface area (TPSA) is 75.4 Å². The molecule has 0 aliphatic carbocycles. The first-order valence-electron chi connectivity index (χ1n) is 9.09. The zero-order valence-electron chi connectivity index (χ0n) is 15.3. The number of rotatable bonds is 5. The molecule has 26 heavy (non-hydrogen) atoms. The fourth-order valence-electron chi connectivity index (χ4n) is 3.65. The van der Waals surface area contributed by atoms with E-state index in [0.29, 0.717) is 18.5 Å². The highest BCUT2D eigenvalue weighted by atomic mass is 16.4. The van der Waals surface area contributed by atoms with Crippen molar-refractivity contribution >= 4 is 11.9 Å². The Morgan fingerprint density at radius 2 is 2.04 bits per heavy atom. The first kappa shape index (κ1) is 18.2. The molecule has 6 heteroatoms. The van der Waals surface area contributed by atoms with Gasteiger partial charge < -0.3 is 10.0 Å². The van der Waals surface area contributed by atoms with Crippen LogP contribution in [-0.4, -0.2) is 44.8 Å². The summed E-state index contributed by atoms with van der Waals surface area (Å²) < 4.78 is 1.81. The van der Waals surface area contributed by atoms with Gasteiger partial charge in [0.15, 0.2) is 0 Å². The number of aliphatic carboxylic acids is 1. The zero-order chi connectivity index (χ0) is 18.7. The smallest absolute Gasteiger partial charge is 0.303 e. The molecule has 1 unspecified atom stereocenters. The van der Waals surface area contributed by atoms with Crippen LogP contribution in [0.5, 0.6) is 0 Å². The highest BCUT2D eigenvalue weighted by molar-refractivity contribution is 5.95. The number of aryl methyl sites for hydroxylation is 1. The Kier molecular flexibility index (Phi) is 5.40. The van der Waals surface area contributed by atoms with Crippen LogP contribution in [0.25, 0.3) is 5.69 Å². The van der Waals surface area contributed by atoms with Gasteiger partial charge in [0.25, 0.3) is 5.91 Å². The van der Waals surface area contributed by atoms with Crippen LogP contribution in [0.2, 0.25) is 0 Å². The predicted molar refractivity (Wildman–Crippen MR) is 98.5 cm³/mol. The summed E-state index contributed by atoms with van der Waals surface area (Å²) in [4.78, 5) is 25.6. The number of carbonyl (C=O) groups excluding carboxylic acids is 1. The van der Waals surface area contributed by atoms with Gasteiger partial charge in [-0.3, -0.25) is 9.59 Å². The second-order valence-corrected chi connectivity index (χ2v) is 7.03. The van der Waals surface area contributed by atoms with Crippen LogP contribution in [0.3, 0.4) is 0 Å². The molecule has 0 saturated carbocycles. The largest absolute Gasteiger partial charge is 0.481 e. The van der Waals surface area contributed by atoms with Gasteiger partial charge in [-0.15, -0.1) is 0 Å². The molecule has 1 aliphatic rings. The van der Waals surface area contributed by atoms with Crippen LogP contribution in [0.1, 0.15) is 47.3 Å². The van der Waals surface area contributed by atoms with Crippen LogP contribution in [-0.2, 0) is 4.79 Å². The third kappa shape index (κ3) is 3.79. The summed E-state index contributed by atoms with van der Waals surface area (Å²) in [6, 6.07) is 7.96. The van der Waals surface area contributed by atoms with Gasteiger partial charge in [0.1, 0.15) is 0 Å². The number of para-hydroxylation sites is 1. The molecule has 1 amide bonds. The lowest BCUT2D eigenvalue weighted by Gasteiger charge is -2.32. The minimum Gasteiger partial charge on any atom is -0.481 e. The van der Waals surface area contributed by atoms with E-state index < -0.39 is 5.97 Å². The van der Waals surface area contributed by atoms with E-state index in [2.05, 4.69) is 5.10 Å². The number of hydrogen-bond acceptors (Lipinski definition) is 3. The van der Waals surface area contributed by atoms with E-state index in [-0.39, 0.29) is 18.2 Å². The van der Waals surface area contributed by atoms with Crippen molar-refractivity contribution in [3.8, 4) is 5.69 Å². The molecule has 1 aromatic carbocycles. The van der Waals surface area contributed by atoms with Crippen molar-refractivity contribution in [3.63, 3.8) is 0 Å². The Bertz CT molecular complexity index is 812. The molecule has 1 atom stereocenters. The molecule has 1 N–H and O–H groups in total. The van der Waals surface area contributed by atoms with E-state index >= 15 is 0 Å². The normalized spacial score (nSPS) is 17.3. The third-order valence-electron chi connectivity index (χ3n) is 5.16. The maximum atomic E-state index is 13.0. The molecule has 1 aliphatic heterocycles. The number of hydrogen-bond donors (Lipinski definition) is 1. The third-order valence-corrected chi connectivity index (χ3v) is 5.16. The quantitative estimate of drug-likeness (QED) is 0.894. The van der Waals surface area contributed by atoms with Crippen LogP contribution < -0.4 is 0 Å². The van der Waals surface area contributed by atoms with E-state index in [4.69, 9.17) is 5.11 Å². The predicted octanol–water partition coefficient (Wildman–Crippen LogP) is 3.21. The van der Waals surface area contributed by atoms with Gasteiger partial charge in [0, 0.05) is 19.5 Å². The molecule has 6 nitrogen and oxygen atoms in total. The van der Waals surface area contributed by atoms with Crippen molar-refractivity contribution in [2.24, 2.45) is 5.92 Å². The second-order valence-electron chi connectivity index (χ2n) is 7.03. The van der Waals surface area contributed by atoms with Gasteiger partial charge in [-0.25, -0.2) is 4.68 Å². The average molecular weight is 355 g/mol. The number of carbonyl (C=O) groups is 2. The van der Waals surface area contributed by atoms with Gasteiger partial charge in [0.2, 0.25) is 0 Å². The fraction of sp³-hybridized carbons (Fsp3) is 0.450. The molecule has 1 aromatic heterocycles. The number of nitrogens with zero attached hydrogens (tertiary/aromatic N) is 3. The number of amides is 1.